The number of nitrogens with one attached hydrogen (secondary N) is 1. The Hall–Kier alpha value is -1.01. The van der Waals surface area contributed by atoms with Crippen LogP contribution in [0, 0.1) is 0 Å². The molecule has 106 valence electrons. The van der Waals surface area contributed by atoms with Gasteiger partial charge >= 0.3 is 6.03 Å². The van der Waals surface area contributed by atoms with Crippen molar-refractivity contribution >= 4 is 24.3 Å². The highest BCUT2D eigenvalue weighted by molar-refractivity contribution is 5.85. The molecule has 1 fully saturated rings. The second kappa shape index (κ2) is 8.99. The monoisotopic (exact) mass is 278 g/mol. The van der Waals surface area contributed by atoms with Gasteiger partial charge < -0.3 is 20.9 Å². The first kappa shape index (κ1) is 17.0. The number of hydrogen-bond acceptors (Lipinski definition) is 3. The lowest BCUT2D eigenvalue weighted by molar-refractivity contribution is -0.132. The van der Waals surface area contributed by atoms with Gasteiger partial charge in [0.2, 0.25) is 5.91 Å². The normalized spacial score (nSPS) is 15.0. The van der Waals surface area contributed by atoms with Crippen LogP contribution in [0.4, 0.5) is 4.79 Å². The predicted octanol–water partition coefficient (Wildman–Crippen LogP) is 0.0208. The lowest BCUT2D eigenvalue weighted by atomic mass is 10.2. The zero-order valence-electron chi connectivity index (χ0n) is 10.9. The molecule has 3 N–H and O–H groups in total. The van der Waals surface area contributed by atoms with E-state index < -0.39 is 0 Å². The van der Waals surface area contributed by atoms with Gasteiger partial charge in [-0.2, -0.15) is 0 Å². The Bertz CT molecular complexity index is 268. The van der Waals surface area contributed by atoms with Crippen LogP contribution < -0.4 is 11.1 Å². The number of halogens is 1. The molecule has 0 bridgehead atoms. The molecule has 3 amide bonds. The van der Waals surface area contributed by atoms with Crippen LogP contribution >= 0.6 is 12.4 Å². The standard InChI is InChI=1S/C11H22N4O2.ClH/c1-2-13-11(17)15-8-6-14(7-9-15)10(16)4-3-5-12;/h2-9,12H2,1H3,(H,13,17);1H. The van der Waals surface area contributed by atoms with Gasteiger partial charge in [0.25, 0.3) is 0 Å². The first-order valence-electron chi connectivity index (χ1n) is 6.19. The molecule has 7 heteroatoms. The van der Waals surface area contributed by atoms with E-state index in [0.717, 1.165) is 6.42 Å². The van der Waals surface area contributed by atoms with Crippen LogP contribution in [-0.2, 0) is 4.79 Å². The third kappa shape index (κ3) is 5.10. The van der Waals surface area contributed by atoms with Gasteiger partial charge in [0.15, 0.2) is 0 Å². The van der Waals surface area contributed by atoms with Gasteiger partial charge in [-0.25, -0.2) is 4.79 Å². The SMILES string of the molecule is CCNC(=O)N1CCN(C(=O)CCCN)CC1.Cl. The molecule has 1 saturated heterocycles. The van der Waals surface area contributed by atoms with Gasteiger partial charge in [0, 0.05) is 39.1 Å². The molecule has 0 atom stereocenters. The van der Waals surface area contributed by atoms with E-state index in [1.165, 1.54) is 0 Å². The molecule has 1 rings (SSSR count). The molecule has 0 aliphatic carbocycles. The van der Waals surface area contributed by atoms with Gasteiger partial charge in [-0.1, -0.05) is 0 Å². The zero-order valence-corrected chi connectivity index (χ0v) is 11.7. The molecule has 0 aromatic rings. The van der Waals surface area contributed by atoms with E-state index in [4.69, 9.17) is 5.73 Å². The van der Waals surface area contributed by atoms with E-state index in [2.05, 4.69) is 5.32 Å². The lowest BCUT2D eigenvalue weighted by Gasteiger charge is -2.34. The number of rotatable bonds is 4. The number of nitrogens with two attached hydrogens (primary N) is 1. The zero-order chi connectivity index (χ0) is 12.7. The van der Waals surface area contributed by atoms with E-state index in [0.29, 0.717) is 45.7 Å². The van der Waals surface area contributed by atoms with Gasteiger partial charge in [-0.15, -0.1) is 12.4 Å². The minimum atomic E-state index is -0.0402. The first-order valence-corrected chi connectivity index (χ1v) is 6.19. The summed E-state index contributed by atoms with van der Waals surface area (Å²) < 4.78 is 0. The number of amides is 3. The summed E-state index contributed by atoms with van der Waals surface area (Å²) in [4.78, 5) is 26.8. The van der Waals surface area contributed by atoms with Crippen molar-refractivity contribution in [3.05, 3.63) is 0 Å². The fourth-order valence-corrected chi connectivity index (χ4v) is 1.83. The molecule has 0 saturated carbocycles. The number of nitrogens with zero attached hydrogens (tertiary/aromatic N) is 2. The second-order valence-corrected chi connectivity index (χ2v) is 4.10. The molecule has 0 radical (unpaired) electrons. The van der Waals surface area contributed by atoms with E-state index in [9.17, 15) is 9.59 Å². The minimum absolute atomic E-state index is 0. The number of carbonyl (C=O) groups is 2. The quantitative estimate of drug-likeness (QED) is 0.761. The number of piperazine rings is 1. The number of hydrogen-bond donors (Lipinski definition) is 2. The van der Waals surface area contributed by atoms with Crippen molar-refractivity contribution in [2.75, 3.05) is 39.3 Å². The molecule has 1 aliphatic heterocycles. The van der Waals surface area contributed by atoms with Crippen molar-refractivity contribution in [3.63, 3.8) is 0 Å². The van der Waals surface area contributed by atoms with Crippen LogP contribution in [0.3, 0.4) is 0 Å². The molecular formula is C11H23ClN4O2. The summed E-state index contributed by atoms with van der Waals surface area (Å²) in [7, 11) is 0. The fraction of sp³-hybridized carbons (Fsp3) is 0.818. The Labute approximate surface area is 114 Å². The largest absolute Gasteiger partial charge is 0.339 e. The second-order valence-electron chi connectivity index (χ2n) is 4.10. The number of carbonyl (C=O) groups excluding carboxylic acids is 2. The van der Waals surface area contributed by atoms with Gasteiger partial charge in [0.1, 0.15) is 0 Å². The summed E-state index contributed by atoms with van der Waals surface area (Å²) in [5.74, 6) is 0.144. The topological polar surface area (TPSA) is 78.7 Å². The van der Waals surface area contributed by atoms with Crippen LogP contribution in [0.2, 0.25) is 0 Å². The van der Waals surface area contributed by atoms with Gasteiger partial charge in [-0.3, -0.25) is 4.79 Å². The average Bonchev–Trinajstić information content (AvgIpc) is 2.36. The molecule has 1 aliphatic rings. The smallest absolute Gasteiger partial charge is 0.317 e. The average molecular weight is 279 g/mol. The summed E-state index contributed by atoms with van der Waals surface area (Å²) in [6.45, 7) is 5.55. The summed E-state index contributed by atoms with van der Waals surface area (Å²) in [5, 5.41) is 2.76. The van der Waals surface area contributed by atoms with Crippen molar-refractivity contribution in [1.29, 1.82) is 0 Å². The molecule has 1 heterocycles. The van der Waals surface area contributed by atoms with E-state index in [1.807, 2.05) is 11.8 Å². The Kier molecular flexibility index (Phi) is 8.49. The van der Waals surface area contributed by atoms with Gasteiger partial charge in [-0.05, 0) is 19.9 Å². The highest BCUT2D eigenvalue weighted by atomic mass is 35.5. The molecular weight excluding hydrogens is 256 g/mol. The molecule has 6 nitrogen and oxygen atoms in total. The van der Waals surface area contributed by atoms with Crippen molar-refractivity contribution in [3.8, 4) is 0 Å². The van der Waals surface area contributed by atoms with Crippen LogP contribution in [-0.4, -0.2) is 61.0 Å². The van der Waals surface area contributed by atoms with Crippen molar-refractivity contribution in [1.82, 2.24) is 15.1 Å². The number of urea groups is 1. The van der Waals surface area contributed by atoms with E-state index in [1.54, 1.807) is 4.90 Å². The Morgan fingerprint density at radius 2 is 1.72 bits per heavy atom. The Morgan fingerprint density at radius 3 is 2.22 bits per heavy atom. The summed E-state index contributed by atoms with van der Waals surface area (Å²) in [5.41, 5.74) is 5.37. The van der Waals surface area contributed by atoms with Crippen LogP contribution in [0.5, 0.6) is 0 Å². The van der Waals surface area contributed by atoms with E-state index >= 15 is 0 Å². The predicted molar refractivity (Wildman–Crippen MR) is 72.8 cm³/mol. The molecule has 0 unspecified atom stereocenters. The maximum absolute atomic E-state index is 11.7. The molecule has 0 aromatic heterocycles. The summed E-state index contributed by atoms with van der Waals surface area (Å²) >= 11 is 0. The Morgan fingerprint density at radius 1 is 1.17 bits per heavy atom. The highest BCUT2D eigenvalue weighted by Crippen LogP contribution is 2.05. The summed E-state index contributed by atoms with van der Waals surface area (Å²) in [6.07, 6.45) is 1.24. The first-order chi connectivity index (χ1) is 8.19. The van der Waals surface area contributed by atoms with E-state index in [-0.39, 0.29) is 24.3 Å². The third-order valence-corrected chi connectivity index (χ3v) is 2.84. The molecule has 0 spiro atoms. The van der Waals surface area contributed by atoms with Gasteiger partial charge in [0.05, 0.1) is 0 Å². The van der Waals surface area contributed by atoms with Crippen molar-refractivity contribution in [2.45, 2.75) is 19.8 Å². The Balaban J connectivity index is 0.00000289. The molecule has 0 aromatic carbocycles. The maximum atomic E-state index is 11.7. The fourth-order valence-electron chi connectivity index (χ4n) is 1.83. The summed E-state index contributed by atoms with van der Waals surface area (Å²) in [6, 6.07) is -0.0402. The van der Waals surface area contributed by atoms with Crippen molar-refractivity contribution < 1.29 is 9.59 Å². The van der Waals surface area contributed by atoms with Crippen LogP contribution in [0.25, 0.3) is 0 Å². The van der Waals surface area contributed by atoms with Crippen molar-refractivity contribution in [2.24, 2.45) is 5.73 Å². The lowest BCUT2D eigenvalue weighted by Crippen LogP contribution is -2.53. The minimum Gasteiger partial charge on any atom is -0.339 e. The van der Waals surface area contributed by atoms with Crippen LogP contribution in [0.1, 0.15) is 19.8 Å². The highest BCUT2D eigenvalue weighted by Gasteiger charge is 2.23. The third-order valence-electron chi connectivity index (χ3n) is 2.84. The van der Waals surface area contributed by atoms with Crippen LogP contribution in [0.15, 0.2) is 0 Å². The maximum Gasteiger partial charge on any atom is 0.317 e. The molecule has 18 heavy (non-hydrogen) atoms.